The third-order valence-corrected chi connectivity index (χ3v) is 5.50. The van der Waals surface area contributed by atoms with Crippen LogP contribution in [0.15, 0.2) is 0 Å². The summed E-state index contributed by atoms with van der Waals surface area (Å²) < 4.78 is 23.0. The largest absolute Gasteiger partial charge is 0.390 e. The van der Waals surface area contributed by atoms with Gasteiger partial charge in [0.05, 0.1) is 17.6 Å². The van der Waals surface area contributed by atoms with Gasteiger partial charge in [0.15, 0.2) is 9.84 Å². The van der Waals surface area contributed by atoms with Gasteiger partial charge in [0.1, 0.15) is 0 Å². The van der Waals surface area contributed by atoms with Gasteiger partial charge >= 0.3 is 0 Å². The maximum atomic E-state index is 11.5. The smallest absolute Gasteiger partial charge is 0.151 e. The molecule has 1 saturated carbocycles. The van der Waals surface area contributed by atoms with Crippen LogP contribution in [0.3, 0.4) is 0 Å². The first-order valence-electron chi connectivity index (χ1n) is 6.77. The first-order chi connectivity index (χ1) is 8.46. The lowest BCUT2D eigenvalue weighted by Gasteiger charge is -2.26. The zero-order valence-corrected chi connectivity index (χ0v) is 11.9. The Hall–Kier alpha value is -0.170. The summed E-state index contributed by atoms with van der Waals surface area (Å²) in [4.78, 5) is 4.29. The Morgan fingerprint density at radius 3 is 2.72 bits per heavy atom. The number of aliphatic hydroxyl groups excluding tert-OH is 1. The van der Waals surface area contributed by atoms with Crippen molar-refractivity contribution in [3.05, 3.63) is 0 Å². The fourth-order valence-electron chi connectivity index (χ4n) is 2.53. The molecule has 0 spiro atoms. The SMILES string of the molecule is CN(CC(O)CN1CCCS(=O)(=O)CC1)C1CC1. The van der Waals surface area contributed by atoms with Crippen LogP contribution in [-0.2, 0) is 9.84 Å². The molecular weight excluding hydrogens is 252 g/mol. The van der Waals surface area contributed by atoms with E-state index in [1.165, 1.54) is 12.8 Å². The van der Waals surface area contributed by atoms with E-state index in [9.17, 15) is 13.5 Å². The van der Waals surface area contributed by atoms with Crippen LogP contribution in [0, 0.1) is 0 Å². The maximum absolute atomic E-state index is 11.5. The number of likely N-dealkylation sites (N-methyl/N-ethyl adjacent to an activating group) is 1. The summed E-state index contributed by atoms with van der Waals surface area (Å²) in [6, 6.07) is 0.657. The minimum atomic E-state index is -2.85. The number of sulfone groups is 1. The summed E-state index contributed by atoms with van der Waals surface area (Å²) in [5.41, 5.74) is 0. The fourth-order valence-corrected chi connectivity index (χ4v) is 3.83. The summed E-state index contributed by atoms with van der Waals surface area (Å²) in [6.45, 7) is 2.62. The van der Waals surface area contributed by atoms with Crippen LogP contribution in [0.1, 0.15) is 19.3 Å². The van der Waals surface area contributed by atoms with E-state index >= 15 is 0 Å². The highest BCUT2D eigenvalue weighted by Crippen LogP contribution is 2.25. The molecule has 0 aromatic rings. The van der Waals surface area contributed by atoms with E-state index < -0.39 is 9.84 Å². The molecule has 2 fully saturated rings. The molecule has 1 aliphatic heterocycles. The highest BCUT2D eigenvalue weighted by molar-refractivity contribution is 7.91. The number of β-amino-alcohol motifs (C(OH)–C–C–N with tert-alkyl or cyclic N) is 1. The van der Waals surface area contributed by atoms with Crippen molar-refractivity contribution in [2.75, 3.05) is 44.7 Å². The molecule has 2 rings (SSSR count). The molecule has 1 unspecified atom stereocenters. The Bertz CT molecular complexity index is 368. The third kappa shape index (κ3) is 4.50. The van der Waals surface area contributed by atoms with Crippen LogP contribution in [0.5, 0.6) is 0 Å². The van der Waals surface area contributed by atoms with Gasteiger partial charge in [-0.1, -0.05) is 0 Å². The van der Waals surface area contributed by atoms with Crippen LogP contribution in [0.25, 0.3) is 0 Å². The minimum absolute atomic E-state index is 0.234. The van der Waals surface area contributed by atoms with Crippen molar-refractivity contribution in [3.8, 4) is 0 Å². The molecule has 1 aliphatic carbocycles. The van der Waals surface area contributed by atoms with Gasteiger partial charge in [0.25, 0.3) is 0 Å². The summed E-state index contributed by atoms with van der Waals surface area (Å²) >= 11 is 0. The zero-order chi connectivity index (χ0) is 13.2. The summed E-state index contributed by atoms with van der Waals surface area (Å²) in [7, 11) is -0.799. The van der Waals surface area contributed by atoms with E-state index in [1.54, 1.807) is 0 Å². The molecule has 1 N–H and O–H groups in total. The van der Waals surface area contributed by atoms with Gasteiger partial charge in [-0.15, -0.1) is 0 Å². The van der Waals surface area contributed by atoms with Gasteiger partial charge in [0.2, 0.25) is 0 Å². The lowest BCUT2D eigenvalue weighted by molar-refractivity contribution is 0.0825. The van der Waals surface area contributed by atoms with Gasteiger partial charge in [-0.2, -0.15) is 0 Å². The average Bonchev–Trinajstić information content (AvgIpc) is 3.07. The van der Waals surface area contributed by atoms with Crippen molar-refractivity contribution in [3.63, 3.8) is 0 Å². The molecule has 2 aliphatic rings. The molecule has 0 radical (unpaired) electrons. The van der Waals surface area contributed by atoms with E-state index in [-0.39, 0.29) is 11.9 Å². The van der Waals surface area contributed by atoms with Gasteiger partial charge in [-0.05, 0) is 32.9 Å². The van der Waals surface area contributed by atoms with Gasteiger partial charge in [-0.3, -0.25) is 4.90 Å². The second-order valence-electron chi connectivity index (χ2n) is 5.63. The molecule has 1 saturated heterocycles. The van der Waals surface area contributed by atoms with Crippen molar-refractivity contribution in [1.29, 1.82) is 0 Å². The number of hydrogen-bond donors (Lipinski definition) is 1. The lowest BCUT2D eigenvalue weighted by Crippen LogP contribution is -2.40. The van der Waals surface area contributed by atoms with Gasteiger partial charge < -0.3 is 10.0 Å². The van der Waals surface area contributed by atoms with E-state index in [0.29, 0.717) is 37.8 Å². The Kier molecular flexibility index (Phi) is 4.64. The standard InChI is InChI=1S/C12H24N2O3S/c1-13(11-3-4-11)9-12(15)10-14-5-2-7-18(16,17)8-6-14/h11-12,15H,2-10H2,1H3. The second kappa shape index (κ2) is 5.86. The summed E-state index contributed by atoms with van der Waals surface area (Å²) in [6.07, 6.45) is 2.79. The van der Waals surface area contributed by atoms with Crippen molar-refractivity contribution in [2.24, 2.45) is 0 Å². The van der Waals surface area contributed by atoms with Crippen molar-refractivity contribution >= 4 is 9.84 Å². The molecule has 0 aromatic carbocycles. The minimum Gasteiger partial charge on any atom is -0.390 e. The molecule has 1 heterocycles. The number of nitrogens with zero attached hydrogens (tertiary/aromatic N) is 2. The molecule has 0 amide bonds. The lowest BCUT2D eigenvalue weighted by atomic mass is 10.3. The van der Waals surface area contributed by atoms with E-state index in [0.717, 1.165) is 6.54 Å². The van der Waals surface area contributed by atoms with Crippen LogP contribution in [0.2, 0.25) is 0 Å². The van der Waals surface area contributed by atoms with Crippen LogP contribution < -0.4 is 0 Å². The number of aliphatic hydroxyl groups is 1. The number of hydrogen-bond acceptors (Lipinski definition) is 5. The molecule has 18 heavy (non-hydrogen) atoms. The molecule has 106 valence electrons. The molecular formula is C12H24N2O3S. The maximum Gasteiger partial charge on any atom is 0.151 e. The Morgan fingerprint density at radius 2 is 2.06 bits per heavy atom. The molecule has 6 heteroatoms. The highest BCUT2D eigenvalue weighted by atomic mass is 32.2. The predicted octanol–water partition coefficient (Wildman–Crippen LogP) is -0.438. The first kappa shape index (κ1) is 14.2. The quantitative estimate of drug-likeness (QED) is 0.738. The average molecular weight is 276 g/mol. The number of rotatable bonds is 5. The monoisotopic (exact) mass is 276 g/mol. The van der Waals surface area contributed by atoms with Crippen molar-refractivity contribution < 1.29 is 13.5 Å². The summed E-state index contributed by atoms with van der Waals surface area (Å²) in [5.74, 6) is 0.528. The van der Waals surface area contributed by atoms with Crippen molar-refractivity contribution in [2.45, 2.75) is 31.4 Å². The Morgan fingerprint density at radius 1 is 1.33 bits per heavy atom. The molecule has 0 bridgehead atoms. The Labute approximate surface area is 110 Å². The highest BCUT2D eigenvalue weighted by Gasteiger charge is 2.28. The summed E-state index contributed by atoms with van der Waals surface area (Å²) in [5, 5.41) is 10.0. The van der Waals surface area contributed by atoms with Gasteiger partial charge in [-0.25, -0.2) is 8.42 Å². The topological polar surface area (TPSA) is 60.9 Å². The van der Waals surface area contributed by atoms with E-state index in [4.69, 9.17) is 0 Å². The van der Waals surface area contributed by atoms with Gasteiger partial charge in [0, 0.05) is 25.7 Å². The van der Waals surface area contributed by atoms with Crippen molar-refractivity contribution in [1.82, 2.24) is 9.80 Å². The first-order valence-corrected chi connectivity index (χ1v) is 8.59. The normalized spacial score (nSPS) is 27.1. The molecule has 0 aromatic heterocycles. The third-order valence-electron chi connectivity index (χ3n) is 3.79. The van der Waals surface area contributed by atoms with E-state index in [1.807, 2.05) is 7.05 Å². The molecule has 5 nitrogen and oxygen atoms in total. The Balaban J connectivity index is 1.74. The van der Waals surface area contributed by atoms with Crippen LogP contribution in [0.4, 0.5) is 0 Å². The van der Waals surface area contributed by atoms with Crippen LogP contribution >= 0.6 is 0 Å². The zero-order valence-electron chi connectivity index (χ0n) is 11.1. The van der Waals surface area contributed by atoms with Crippen LogP contribution in [-0.4, -0.2) is 80.2 Å². The molecule has 1 atom stereocenters. The fraction of sp³-hybridized carbons (Fsp3) is 1.00. The predicted molar refractivity (Wildman–Crippen MR) is 71.4 cm³/mol. The van der Waals surface area contributed by atoms with E-state index in [2.05, 4.69) is 9.80 Å². The second-order valence-corrected chi connectivity index (χ2v) is 7.93.